The minimum Gasteiger partial charge on any atom is -0.378 e. The van der Waals surface area contributed by atoms with Crippen LogP contribution < -0.4 is 5.32 Å². The van der Waals surface area contributed by atoms with Crippen molar-refractivity contribution in [1.29, 1.82) is 0 Å². The number of nitrogens with one attached hydrogen (secondary N) is 1. The highest BCUT2D eigenvalue weighted by Gasteiger charge is 2.40. The van der Waals surface area contributed by atoms with Gasteiger partial charge in [-0.15, -0.1) is 0 Å². The second-order valence-corrected chi connectivity index (χ2v) is 6.99. The number of hydrogen-bond acceptors (Lipinski definition) is 3. The van der Waals surface area contributed by atoms with Crippen molar-refractivity contribution in [3.05, 3.63) is 0 Å². The Balaban J connectivity index is 1.93. The lowest BCUT2D eigenvalue weighted by Gasteiger charge is -2.28. The molecule has 0 aromatic carbocycles. The van der Waals surface area contributed by atoms with E-state index in [-0.39, 0.29) is 18.1 Å². The fraction of sp³-hybridized carbons (Fsp3) is 0.938. The van der Waals surface area contributed by atoms with Gasteiger partial charge in [0.25, 0.3) is 0 Å². The molecule has 4 heteroatoms. The fourth-order valence-electron chi connectivity index (χ4n) is 3.30. The Bertz CT molecular complexity index is 324. The first-order valence-corrected chi connectivity index (χ1v) is 8.17. The number of amides is 1. The summed E-state index contributed by atoms with van der Waals surface area (Å²) in [6.07, 6.45) is 4.77. The molecule has 116 valence electrons. The van der Waals surface area contributed by atoms with E-state index in [9.17, 15) is 4.79 Å². The molecule has 2 aliphatic rings. The van der Waals surface area contributed by atoms with Crippen molar-refractivity contribution in [3.63, 3.8) is 0 Å². The van der Waals surface area contributed by atoms with Crippen LogP contribution in [-0.2, 0) is 9.53 Å². The largest absolute Gasteiger partial charge is 0.378 e. The molecule has 0 aliphatic carbocycles. The summed E-state index contributed by atoms with van der Waals surface area (Å²) in [5.74, 6) is 1.28. The van der Waals surface area contributed by atoms with E-state index < -0.39 is 0 Å². The number of carbonyl (C=O) groups excluding carboxylic acids is 1. The van der Waals surface area contributed by atoms with Crippen molar-refractivity contribution in [2.75, 3.05) is 13.2 Å². The molecule has 3 atom stereocenters. The SMILES string of the molecule is CC(C)CC1NC(C(C)C)N(CCC2CCCO2)C1=O. The summed E-state index contributed by atoms with van der Waals surface area (Å²) >= 11 is 0. The molecule has 4 nitrogen and oxygen atoms in total. The molecule has 0 aromatic heterocycles. The van der Waals surface area contributed by atoms with Gasteiger partial charge in [-0.3, -0.25) is 10.1 Å². The monoisotopic (exact) mass is 282 g/mol. The number of ether oxygens (including phenoxy) is 1. The van der Waals surface area contributed by atoms with Crippen LogP contribution in [0.25, 0.3) is 0 Å². The third-order valence-corrected chi connectivity index (χ3v) is 4.34. The molecule has 2 fully saturated rings. The zero-order valence-electron chi connectivity index (χ0n) is 13.4. The van der Waals surface area contributed by atoms with Gasteiger partial charge in [-0.25, -0.2) is 0 Å². The van der Waals surface area contributed by atoms with Crippen LogP contribution >= 0.6 is 0 Å². The summed E-state index contributed by atoms with van der Waals surface area (Å²) < 4.78 is 5.68. The van der Waals surface area contributed by atoms with Gasteiger partial charge in [-0.1, -0.05) is 27.7 Å². The van der Waals surface area contributed by atoms with E-state index in [0.29, 0.717) is 17.9 Å². The predicted molar refractivity (Wildman–Crippen MR) is 80.3 cm³/mol. The van der Waals surface area contributed by atoms with E-state index in [1.165, 1.54) is 6.42 Å². The Hall–Kier alpha value is -0.610. The molecule has 2 heterocycles. The van der Waals surface area contributed by atoms with Crippen molar-refractivity contribution >= 4 is 5.91 Å². The summed E-state index contributed by atoms with van der Waals surface area (Å²) in [6.45, 7) is 10.4. The van der Waals surface area contributed by atoms with E-state index in [0.717, 1.165) is 32.4 Å². The molecule has 2 saturated heterocycles. The van der Waals surface area contributed by atoms with E-state index in [1.807, 2.05) is 0 Å². The maximum absolute atomic E-state index is 12.6. The Morgan fingerprint density at radius 3 is 2.65 bits per heavy atom. The second kappa shape index (κ2) is 6.90. The van der Waals surface area contributed by atoms with Crippen molar-refractivity contribution in [2.45, 2.75) is 71.7 Å². The first-order chi connectivity index (χ1) is 9.49. The smallest absolute Gasteiger partial charge is 0.241 e. The molecular formula is C16H30N2O2. The first kappa shape index (κ1) is 15.8. The average Bonchev–Trinajstić information content (AvgIpc) is 2.96. The minimum atomic E-state index is 0.00639. The van der Waals surface area contributed by atoms with E-state index in [4.69, 9.17) is 4.74 Å². The highest BCUT2D eigenvalue weighted by atomic mass is 16.5. The number of nitrogens with zero attached hydrogens (tertiary/aromatic N) is 1. The Labute approximate surface area is 123 Å². The molecule has 0 radical (unpaired) electrons. The van der Waals surface area contributed by atoms with Crippen LogP contribution in [0.3, 0.4) is 0 Å². The van der Waals surface area contributed by atoms with Gasteiger partial charge in [-0.2, -0.15) is 0 Å². The second-order valence-electron chi connectivity index (χ2n) is 6.99. The van der Waals surface area contributed by atoms with Crippen molar-refractivity contribution in [1.82, 2.24) is 10.2 Å². The highest BCUT2D eigenvalue weighted by molar-refractivity contribution is 5.84. The number of carbonyl (C=O) groups is 1. The minimum absolute atomic E-state index is 0.00639. The van der Waals surface area contributed by atoms with Gasteiger partial charge in [-0.05, 0) is 37.5 Å². The average molecular weight is 282 g/mol. The van der Waals surface area contributed by atoms with Crippen LogP contribution in [0.1, 0.15) is 53.4 Å². The van der Waals surface area contributed by atoms with Gasteiger partial charge < -0.3 is 9.64 Å². The molecule has 2 aliphatic heterocycles. The molecule has 20 heavy (non-hydrogen) atoms. The quantitative estimate of drug-likeness (QED) is 0.813. The molecule has 0 saturated carbocycles. The molecule has 1 N–H and O–H groups in total. The summed E-state index contributed by atoms with van der Waals surface area (Å²) in [5.41, 5.74) is 0. The number of rotatable bonds is 6. The summed E-state index contributed by atoms with van der Waals surface area (Å²) in [6, 6.07) is 0.00639. The van der Waals surface area contributed by atoms with Gasteiger partial charge >= 0.3 is 0 Å². The third kappa shape index (κ3) is 3.73. The van der Waals surface area contributed by atoms with Gasteiger partial charge in [0.05, 0.1) is 18.3 Å². The molecule has 2 rings (SSSR count). The van der Waals surface area contributed by atoms with Gasteiger partial charge in [0.15, 0.2) is 0 Å². The van der Waals surface area contributed by atoms with Crippen LogP contribution in [-0.4, -0.2) is 42.3 Å². The molecule has 0 aromatic rings. The van der Waals surface area contributed by atoms with Crippen LogP contribution in [0.15, 0.2) is 0 Å². The van der Waals surface area contributed by atoms with Gasteiger partial charge in [0, 0.05) is 13.2 Å². The zero-order chi connectivity index (χ0) is 14.7. The summed E-state index contributed by atoms with van der Waals surface area (Å²) in [7, 11) is 0. The lowest BCUT2D eigenvalue weighted by Crippen LogP contribution is -2.42. The maximum atomic E-state index is 12.6. The van der Waals surface area contributed by atoms with E-state index in [1.54, 1.807) is 0 Å². The molecule has 1 amide bonds. The van der Waals surface area contributed by atoms with Crippen LogP contribution in [0.5, 0.6) is 0 Å². The molecule has 3 unspecified atom stereocenters. The van der Waals surface area contributed by atoms with Crippen LogP contribution in [0, 0.1) is 11.8 Å². The summed E-state index contributed by atoms with van der Waals surface area (Å²) in [5, 5.41) is 3.53. The molecule has 0 bridgehead atoms. The molecule has 0 spiro atoms. The fourth-order valence-corrected chi connectivity index (χ4v) is 3.30. The first-order valence-electron chi connectivity index (χ1n) is 8.17. The Kier molecular flexibility index (Phi) is 5.44. The zero-order valence-corrected chi connectivity index (χ0v) is 13.4. The number of hydrogen-bond donors (Lipinski definition) is 1. The highest BCUT2D eigenvalue weighted by Crippen LogP contribution is 2.23. The Morgan fingerprint density at radius 2 is 2.10 bits per heavy atom. The summed E-state index contributed by atoms with van der Waals surface area (Å²) in [4.78, 5) is 14.6. The van der Waals surface area contributed by atoms with Gasteiger partial charge in [0.1, 0.15) is 0 Å². The third-order valence-electron chi connectivity index (χ3n) is 4.34. The Morgan fingerprint density at radius 1 is 1.35 bits per heavy atom. The van der Waals surface area contributed by atoms with Crippen LogP contribution in [0.4, 0.5) is 0 Å². The normalized spacial score (nSPS) is 31.0. The predicted octanol–water partition coefficient (Wildman–Crippen LogP) is 2.38. The lowest BCUT2D eigenvalue weighted by atomic mass is 10.0. The van der Waals surface area contributed by atoms with Gasteiger partial charge in [0.2, 0.25) is 5.91 Å². The van der Waals surface area contributed by atoms with E-state index >= 15 is 0 Å². The van der Waals surface area contributed by atoms with Crippen LogP contribution in [0.2, 0.25) is 0 Å². The standard InChI is InChI=1S/C16H30N2O2/c1-11(2)10-14-16(19)18(15(17-14)12(3)4)8-7-13-6-5-9-20-13/h11-15,17H,5-10H2,1-4H3. The van der Waals surface area contributed by atoms with Crippen molar-refractivity contribution in [3.8, 4) is 0 Å². The maximum Gasteiger partial charge on any atom is 0.241 e. The van der Waals surface area contributed by atoms with Crippen molar-refractivity contribution < 1.29 is 9.53 Å². The topological polar surface area (TPSA) is 41.6 Å². The molecular weight excluding hydrogens is 252 g/mol. The van der Waals surface area contributed by atoms with Crippen molar-refractivity contribution in [2.24, 2.45) is 11.8 Å². The van der Waals surface area contributed by atoms with E-state index in [2.05, 4.69) is 37.9 Å². The lowest BCUT2D eigenvalue weighted by molar-refractivity contribution is -0.131.